The van der Waals surface area contributed by atoms with Crippen LogP contribution in [0.4, 0.5) is 17.2 Å². The summed E-state index contributed by atoms with van der Waals surface area (Å²) in [5.74, 6) is -0.525. The summed E-state index contributed by atoms with van der Waals surface area (Å²) < 4.78 is 0. The number of pyridine rings is 1. The van der Waals surface area contributed by atoms with Crippen LogP contribution in [-0.2, 0) is 20.8 Å². The topological polar surface area (TPSA) is 117 Å². The Labute approximate surface area is 181 Å². The third-order valence-corrected chi connectivity index (χ3v) is 6.06. The zero-order valence-electron chi connectivity index (χ0n) is 17.8. The van der Waals surface area contributed by atoms with Crippen molar-refractivity contribution in [2.75, 3.05) is 22.9 Å². The van der Waals surface area contributed by atoms with Crippen LogP contribution in [0, 0.1) is 12.8 Å². The quantitative estimate of drug-likeness (QED) is 0.645. The number of carbonyl (C=O) groups is 3. The lowest BCUT2D eigenvalue weighted by molar-refractivity contribution is -0.146. The van der Waals surface area contributed by atoms with Crippen molar-refractivity contribution in [3.05, 3.63) is 47.2 Å². The van der Waals surface area contributed by atoms with Crippen LogP contribution in [0.2, 0.25) is 0 Å². The van der Waals surface area contributed by atoms with Gasteiger partial charge in [0.25, 0.3) is 0 Å². The Morgan fingerprint density at radius 1 is 1.23 bits per heavy atom. The number of hydrogen-bond acceptors (Lipinski definition) is 5. The number of piperidine rings is 1. The molecule has 0 bridgehead atoms. The molecule has 2 aliphatic heterocycles. The summed E-state index contributed by atoms with van der Waals surface area (Å²) in [7, 11) is 0. The van der Waals surface area contributed by atoms with E-state index in [1.54, 1.807) is 17.9 Å². The molecule has 162 valence electrons. The highest BCUT2D eigenvalue weighted by Gasteiger charge is 2.34. The number of amides is 3. The minimum absolute atomic E-state index is 0.0209. The van der Waals surface area contributed by atoms with Crippen molar-refractivity contribution in [1.82, 2.24) is 9.88 Å². The molecule has 0 unspecified atom stereocenters. The molecule has 0 radical (unpaired) electrons. The molecule has 31 heavy (non-hydrogen) atoms. The lowest BCUT2D eigenvalue weighted by atomic mass is 9.88. The molecule has 1 aromatic carbocycles. The summed E-state index contributed by atoms with van der Waals surface area (Å²) in [5.41, 5.74) is 9.79. The SMILES string of the molecule is Cc1cc(NC(=O)C(=O)N2C[C@H](C)CC[C@H]2c2ccc3c(c2)CCC(=O)N3)cnc1N. The number of nitrogen functional groups attached to an aromatic ring is 1. The zero-order valence-corrected chi connectivity index (χ0v) is 17.8. The molecule has 1 fully saturated rings. The molecule has 8 nitrogen and oxygen atoms in total. The van der Waals surface area contributed by atoms with Gasteiger partial charge in [0.2, 0.25) is 5.91 Å². The Bertz CT molecular complexity index is 1050. The minimum atomic E-state index is -0.685. The van der Waals surface area contributed by atoms with E-state index in [1.807, 2.05) is 12.1 Å². The second-order valence-corrected chi connectivity index (χ2v) is 8.50. The van der Waals surface area contributed by atoms with E-state index >= 15 is 0 Å². The van der Waals surface area contributed by atoms with Crippen LogP contribution in [0.3, 0.4) is 0 Å². The number of aryl methyl sites for hydroxylation is 2. The average Bonchev–Trinajstić information content (AvgIpc) is 2.75. The number of nitrogens with zero attached hydrogens (tertiary/aromatic N) is 2. The lowest BCUT2D eigenvalue weighted by Crippen LogP contribution is -2.46. The highest BCUT2D eigenvalue weighted by atomic mass is 16.2. The normalized spacial score (nSPS) is 20.6. The van der Waals surface area contributed by atoms with E-state index in [0.717, 1.165) is 35.2 Å². The third kappa shape index (κ3) is 4.38. The van der Waals surface area contributed by atoms with Gasteiger partial charge >= 0.3 is 11.8 Å². The van der Waals surface area contributed by atoms with Gasteiger partial charge in [0, 0.05) is 18.7 Å². The fraction of sp³-hybridized carbons (Fsp3) is 0.391. The Kier molecular flexibility index (Phi) is 5.63. The number of likely N-dealkylation sites (tertiary alicyclic amines) is 1. The molecule has 3 heterocycles. The van der Waals surface area contributed by atoms with Crippen molar-refractivity contribution >= 4 is 34.9 Å². The number of nitrogens with one attached hydrogen (secondary N) is 2. The molecule has 0 spiro atoms. The number of rotatable bonds is 2. The molecule has 2 aromatic rings. The number of benzene rings is 1. The van der Waals surface area contributed by atoms with Crippen molar-refractivity contribution in [1.29, 1.82) is 0 Å². The van der Waals surface area contributed by atoms with E-state index in [9.17, 15) is 14.4 Å². The zero-order chi connectivity index (χ0) is 22.1. The Morgan fingerprint density at radius 3 is 2.81 bits per heavy atom. The van der Waals surface area contributed by atoms with Gasteiger partial charge < -0.3 is 21.3 Å². The van der Waals surface area contributed by atoms with E-state index in [0.29, 0.717) is 36.8 Å². The van der Waals surface area contributed by atoms with Crippen LogP contribution in [0.1, 0.15) is 48.9 Å². The molecule has 1 aromatic heterocycles. The van der Waals surface area contributed by atoms with Crippen LogP contribution >= 0.6 is 0 Å². The summed E-state index contributed by atoms with van der Waals surface area (Å²) in [4.78, 5) is 43.2. The molecule has 1 saturated heterocycles. The van der Waals surface area contributed by atoms with Crippen LogP contribution in [0.5, 0.6) is 0 Å². The van der Waals surface area contributed by atoms with Crippen molar-refractivity contribution in [3.8, 4) is 0 Å². The first-order chi connectivity index (χ1) is 14.8. The summed E-state index contributed by atoms with van der Waals surface area (Å²) in [6.07, 6.45) is 4.34. The van der Waals surface area contributed by atoms with Gasteiger partial charge in [-0.15, -0.1) is 0 Å². The third-order valence-electron chi connectivity index (χ3n) is 6.06. The highest BCUT2D eigenvalue weighted by molar-refractivity contribution is 6.39. The lowest BCUT2D eigenvalue weighted by Gasteiger charge is -2.39. The van der Waals surface area contributed by atoms with Crippen molar-refractivity contribution in [2.24, 2.45) is 5.92 Å². The molecule has 0 saturated carbocycles. The standard InChI is InChI=1S/C23H27N5O3/c1-13-3-7-19(16-4-6-18-15(10-16)5-8-20(29)27-18)28(12-13)23(31)22(30)26-17-9-14(2)21(24)25-11-17/h4,6,9-11,13,19H,3,5,7-8,12H2,1-2H3,(H2,24,25)(H,26,30)(H,27,29)/t13-,19+/m1/s1. The molecule has 2 atom stereocenters. The maximum absolute atomic E-state index is 13.1. The molecule has 8 heteroatoms. The van der Waals surface area contributed by atoms with Gasteiger partial charge in [-0.3, -0.25) is 14.4 Å². The van der Waals surface area contributed by atoms with E-state index < -0.39 is 11.8 Å². The van der Waals surface area contributed by atoms with Gasteiger partial charge in [-0.25, -0.2) is 4.98 Å². The maximum atomic E-state index is 13.1. The predicted molar refractivity (Wildman–Crippen MR) is 118 cm³/mol. The Morgan fingerprint density at radius 2 is 2.03 bits per heavy atom. The number of nitrogens with two attached hydrogens (primary N) is 1. The highest BCUT2D eigenvalue weighted by Crippen LogP contribution is 2.36. The molecule has 3 amide bonds. The second kappa shape index (κ2) is 8.37. The van der Waals surface area contributed by atoms with Crippen molar-refractivity contribution in [3.63, 3.8) is 0 Å². The van der Waals surface area contributed by atoms with Gasteiger partial charge in [-0.1, -0.05) is 19.1 Å². The van der Waals surface area contributed by atoms with Gasteiger partial charge in [0.05, 0.1) is 17.9 Å². The van der Waals surface area contributed by atoms with Crippen LogP contribution in [-0.4, -0.2) is 34.2 Å². The molecule has 4 N–H and O–H groups in total. The molecular weight excluding hydrogens is 394 g/mol. The van der Waals surface area contributed by atoms with Gasteiger partial charge in [-0.2, -0.15) is 0 Å². The number of hydrogen-bond donors (Lipinski definition) is 3. The molecular formula is C23H27N5O3. The maximum Gasteiger partial charge on any atom is 0.313 e. The Hall–Kier alpha value is -3.42. The second-order valence-electron chi connectivity index (χ2n) is 8.50. The number of aromatic nitrogens is 1. The summed E-state index contributed by atoms with van der Waals surface area (Å²) in [6.45, 7) is 4.40. The summed E-state index contributed by atoms with van der Waals surface area (Å²) in [6, 6.07) is 7.41. The smallest absolute Gasteiger partial charge is 0.313 e. The number of anilines is 3. The fourth-order valence-corrected chi connectivity index (χ4v) is 4.30. The summed E-state index contributed by atoms with van der Waals surface area (Å²) >= 11 is 0. The van der Waals surface area contributed by atoms with E-state index in [1.165, 1.54) is 6.20 Å². The monoisotopic (exact) mass is 421 g/mol. The summed E-state index contributed by atoms with van der Waals surface area (Å²) in [5, 5.41) is 5.54. The molecule has 2 aliphatic rings. The largest absolute Gasteiger partial charge is 0.383 e. The van der Waals surface area contributed by atoms with E-state index in [-0.39, 0.29) is 11.9 Å². The van der Waals surface area contributed by atoms with Gasteiger partial charge in [-0.05, 0) is 60.9 Å². The predicted octanol–water partition coefficient (Wildman–Crippen LogP) is 2.80. The van der Waals surface area contributed by atoms with Crippen molar-refractivity contribution < 1.29 is 14.4 Å². The molecule has 0 aliphatic carbocycles. The van der Waals surface area contributed by atoms with Crippen LogP contribution in [0.15, 0.2) is 30.5 Å². The van der Waals surface area contributed by atoms with Gasteiger partial charge in [0.1, 0.15) is 5.82 Å². The Balaban J connectivity index is 1.55. The first-order valence-electron chi connectivity index (χ1n) is 10.6. The van der Waals surface area contributed by atoms with Gasteiger partial charge in [0.15, 0.2) is 0 Å². The van der Waals surface area contributed by atoms with E-state index in [2.05, 4.69) is 28.6 Å². The molecule has 4 rings (SSSR count). The fourth-order valence-electron chi connectivity index (χ4n) is 4.30. The van der Waals surface area contributed by atoms with Crippen LogP contribution in [0.25, 0.3) is 0 Å². The van der Waals surface area contributed by atoms with E-state index in [4.69, 9.17) is 5.73 Å². The first kappa shape index (κ1) is 20.8. The average molecular weight is 422 g/mol. The first-order valence-corrected chi connectivity index (χ1v) is 10.6. The number of fused-ring (bicyclic) bond motifs is 1. The minimum Gasteiger partial charge on any atom is -0.383 e. The van der Waals surface area contributed by atoms with Crippen molar-refractivity contribution in [2.45, 2.75) is 45.6 Å². The number of carbonyl (C=O) groups excluding carboxylic acids is 3. The van der Waals surface area contributed by atoms with Crippen LogP contribution < -0.4 is 16.4 Å².